The molecule has 2 N–H and O–H groups in total. The van der Waals surface area contributed by atoms with Crippen molar-refractivity contribution in [3.8, 4) is 0 Å². The molecule has 0 aliphatic carbocycles. The van der Waals surface area contributed by atoms with E-state index in [1.165, 1.54) is 11.1 Å². The maximum absolute atomic E-state index is 12.1. The lowest BCUT2D eigenvalue weighted by atomic mass is 9.96. The predicted molar refractivity (Wildman–Crippen MR) is 80.1 cm³/mol. The van der Waals surface area contributed by atoms with E-state index in [0.717, 1.165) is 5.56 Å². The molecule has 4 nitrogen and oxygen atoms in total. The van der Waals surface area contributed by atoms with E-state index in [2.05, 4.69) is 22.9 Å². The van der Waals surface area contributed by atoms with Gasteiger partial charge in [-0.1, -0.05) is 54.6 Å². The molecule has 0 fully saturated rings. The fourth-order valence-corrected chi connectivity index (χ4v) is 2.48. The Bertz CT molecular complexity index is 613. The lowest BCUT2D eigenvalue weighted by molar-refractivity contribution is -0.137. The lowest BCUT2D eigenvalue weighted by Crippen LogP contribution is -2.47. The largest absolute Gasteiger partial charge is 0.301 e. The topological polar surface area (TPSA) is 50.4 Å². The molecule has 0 radical (unpaired) electrons. The first kappa shape index (κ1) is 13.8. The Hall–Kier alpha value is -2.17. The van der Waals surface area contributed by atoms with E-state index in [4.69, 9.17) is 4.84 Å². The van der Waals surface area contributed by atoms with Crippen LogP contribution in [0.5, 0.6) is 0 Å². The highest BCUT2D eigenvalue weighted by Crippen LogP contribution is 2.16. The van der Waals surface area contributed by atoms with Crippen LogP contribution in [0, 0.1) is 0 Å². The molecular formula is C17H18N2O2. The van der Waals surface area contributed by atoms with E-state index in [-0.39, 0.29) is 11.9 Å². The normalized spacial score (nSPS) is 17.0. The van der Waals surface area contributed by atoms with Crippen molar-refractivity contribution < 1.29 is 9.63 Å². The average Bonchev–Trinajstić information content (AvgIpc) is 2.55. The van der Waals surface area contributed by atoms with Gasteiger partial charge in [0.15, 0.2) is 0 Å². The third-order valence-electron chi connectivity index (χ3n) is 3.65. The number of hydrogen-bond donors (Lipinski definition) is 2. The van der Waals surface area contributed by atoms with Crippen LogP contribution < -0.4 is 10.8 Å². The summed E-state index contributed by atoms with van der Waals surface area (Å²) in [4.78, 5) is 17.4. The number of nitrogens with one attached hydrogen (secondary N) is 2. The van der Waals surface area contributed by atoms with Crippen LogP contribution in [0.3, 0.4) is 0 Å². The fraction of sp³-hybridized carbons (Fsp3) is 0.235. The molecule has 0 saturated carbocycles. The molecule has 0 aromatic heterocycles. The van der Waals surface area contributed by atoms with E-state index in [1.807, 2.05) is 42.5 Å². The molecule has 0 spiro atoms. The van der Waals surface area contributed by atoms with Gasteiger partial charge in [-0.05, 0) is 23.1 Å². The highest BCUT2D eigenvalue weighted by atomic mass is 16.6. The van der Waals surface area contributed by atoms with Crippen molar-refractivity contribution >= 4 is 5.91 Å². The first-order valence-corrected chi connectivity index (χ1v) is 7.08. The SMILES string of the molecule is O=C(NOCc1ccccc1)[C@@H]1Cc2ccccc2CN1. The molecule has 0 saturated heterocycles. The number of fused-ring (bicyclic) bond motifs is 1. The van der Waals surface area contributed by atoms with E-state index < -0.39 is 0 Å². The van der Waals surface area contributed by atoms with Gasteiger partial charge in [-0.3, -0.25) is 9.63 Å². The summed E-state index contributed by atoms with van der Waals surface area (Å²) in [7, 11) is 0. The number of carbonyl (C=O) groups excluding carboxylic acids is 1. The van der Waals surface area contributed by atoms with Crippen LogP contribution >= 0.6 is 0 Å². The van der Waals surface area contributed by atoms with Crippen LogP contribution in [0.1, 0.15) is 16.7 Å². The van der Waals surface area contributed by atoms with Gasteiger partial charge in [0.25, 0.3) is 5.91 Å². The molecule has 2 aromatic rings. The molecule has 4 heteroatoms. The van der Waals surface area contributed by atoms with E-state index in [0.29, 0.717) is 19.6 Å². The van der Waals surface area contributed by atoms with Gasteiger partial charge in [0, 0.05) is 6.54 Å². The summed E-state index contributed by atoms with van der Waals surface area (Å²) >= 11 is 0. The smallest absolute Gasteiger partial charge is 0.261 e. The van der Waals surface area contributed by atoms with Crippen molar-refractivity contribution in [2.45, 2.75) is 25.6 Å². The average molecular weight is 282 g/mol. The summed E-state index contributed by atoms with van der Waals surface area (Å²) in [6.45, 7) is 1.09. The summed E-state index contributed by atoms with van der Waals surface area (Å²) in [5, 5.41) is 3.23. The Morgan fingerprint density at radius 2 is 1.81 bits per heavy atom. The van der Waals surface area contributed by atoms with Gasteiger partial charge in [-0.25, -0.2) is 5.48 Å². The summed E-state index contributed by atoms with van der Waals surface area (Å²) in [6.07, 6.45) is 0.691. The Morgan fingerprint density at radius 1 is 1.10 bits per heavy atom. The molecule has 1 aliphatic rings. The number of carbonyl (C=O) groups is 1. The van der Waals surface area contributed by atoms with Crippen LogP contribution in [0.15, 0.2) is 54.6 Å². The summed E-state index contributed by atoms with van der Waals surface area (Å²) in [6, 6.07) is 17.7. The molecule has 108 valence electrons. The third kappa shape index (κ3) is 3.48. The summed E-state index contributed by atoms with van der Waals surface area (Å²) < 4.78 is 0. The molecular weight excluding hydrogens is 264 g/mol. The first-order chi connectivity index (χ1) is 10.3. The zero-order valence-corrected chi connectivity index (χ0v) is 11.7. The van der Waals surface area contributed by atoms with Gasteiger partial charge in [-0.15, -0.1) is 0 Å². The van der Waals surface area contributed by atoms with E-state index in [9.17, 15) is 4.79 Å². The summed E-state index contributed by atoms with van der Waals surface area (Å²) in [5.41, 5.74) is 6.04. The van der Waals surface area contributed by atoms with Crippen LogP contribution in [-0.2, 0) is 29.2 Å². The maximum Gasteiger partial charge on any atom is 0.261 e. The molecule has 21 heavy (non-hydrogen) atoms. The van der Waals surface area contributed by atoms with Crippen molar-refractivity contribution in [1.29, 1.82) is 0 Å². The van der Waals surface area contributed by atoms with Gasteiger partial charge in [-0.2, -0.15) is 0 Å². The van der Waals surface area contributed by atoms with Crippen molar-refractivity contribution in [3.63, 3.8) is 0 Å². The van der Waals surface area contributed by atoms with Crippen molar-refractivity contribution in [1.82, 2.24) is 10.8 Å². The summed E-state index contributed by atoms with van der Waals surface area (Å²) in [5.74, 6) is -0.125. The monoisotopic (exact) mass is 282 g/mol. The van der Waals surface area contributed by atoms with E-state index >= 15 is 0 Å². The number of hydrogen-bond acceptors (Lipinski definition) is 3. The minimum atomic E-state index is -0.240. The quantitative estimate of drug-likeness (QED) is 0.843. The number of amides is 1. The second-order valence-electron chi connectivity index (χ2n) is 5.15. The third-order valence-corrected chi connectivity index (χ3v) is 3.65. The maximum atomic E-state index is 12.1. The molecule has 1 heterocycles. The van der Waals surface area contributed by atoms with E-state index in [1.54, 1.807) is 0 Å². The second kappa shape index (κ2) is 6.52. The molecule has 0 unspecified atom stereocenters. The fourth-order valence-electron chi connectivity index (χ4n) is 2.48. The number of benzene rings is 2. The Labute approximate surface area is 124 Å². The predicted octanol–water partition coefficient (Wildman–Crippen LogP) is 1.95. The van der Waals surface area contributed by atoms with Crippen LogP contribution in [0.25, 0.3) is 0 Å². The molecule has 1 atom stereocenters. The van der Waals surface area contributed by atoms with Gasteiger partial charge in [0.1, 0.15) is 0 Å². The van der Waals surface area contributed by atoms with Gasteiger partial charge in [0.05, 0.1) is 12.6 Å². The molecule has 2 aromatic carbocycles. The van der Waals surface area contributed by atoms with Crippen molar-refractivity contribution in [2.75, 3.05) is 0 Å². The number of rotatable bonds is 4. The first-order valence-electron chi connectivity index (χ1n) is 7.08. The Balaban J connectivity index is 1.50. The zero-order valence-electron chi connectivity index (χ0n) is 11.7. The standard InChI is InChI=1S/C17H18N2O2/c20-17(19-21-12-13-6-2-1-3-7-13)16-10-14-8-4-5-9-15(14)11-18-16/h1-9,16,18H,10-12H2,(H,19,20)/t16-/m0/s1. The van der Waals surface area contributed by atoms with Crippen LogP contribution in [0.4, 0.5) is 0 Å². The Kier molecular flexibility index (Phi) is 4.28. The zero-order chi connectivity index (χ0) is 14.5. The number of hydroxylamine groups is 1. The van der Waals surface area contributed by atoms with Crippen molar-refractivity contribution in [3.05, 3.63) is 71.3 Å². The highest BCUT2D eigenvalue weighted by Gasteiger charge is 2.23. The molecule has 1 amide bonds. The van der Waals surface area contributed by atoms with Crippen LogP contribution in [-0.4, -0.2) is 11.9 Å². The minimum absolute atomic E-state index is 0.125. The van der Waals surface area contributed by atoms with Crippen molar-refractivity contribution in [2.24, 2.45) is 0 Å². The van der Waals surface area contributed by atoms with Gasteiger partial charge >= 0.3 is 0 Å². The molecule has 3 rings (SSSR count). The van der Waals surface area contributed by atoms with Gasteiger partial charge in [0.2, 0.25) is 0 Å². The Morgan fingerprint density at radius 3 is 2.62 bits per heavy atom. The van der Waals surface area contributed by atoms with Crippen LogP contribution in [0.2, 0.25) is 0 Å². The lowest BCUT2D eigenvalue weighted by Gasteiger charge is -2.25. The highest BCUT2D eigenvalue weighted by molar-refractivity contribution is 5.81. The molecule has 0 bridgehead atoms. The minimum Gasteiger partial charge on any atom is -0.301 e. The van der Waals surface area contributed by atoms with Gasteiger partial charge < -0.3 is 5.32 Å². The molecule has 1 aliphatic heterocycles. The second-order valence-corrected chi connectivity index (χ2v) is 5.15.